The van der Waals surface area contributed by atoms with Crippen LogP contribution in [0.4, 0.5) is 11.4 Å². The third-order valence-corrected chi connectivity index (χ3v) is 3.26. The van der Waals surface area contributed by atoms with Crippen LogP contribution in [-0.4, -0.2) is 15.9 Å². The lowest BCUT2D eigenvalue weighted by atomic mass is 10.1. The van der Waals surface area contributed by atoms with Gasteiger partial charge in [-0.05, 0) is 18.2 Å². The van der Waals surface area contributed by atoms with E-state index >= 15 is 0 Å². The van der Waals surface area contributed by atoms with E-state index in [0.717, 1.165) is 6.07 Å². The van der Waals surface area contributed by atoms with Crippen LogP contribution in [0, 0.1) is 10.1 Å². The van der Waals surface area contributed by atoms with E-state index in [1.807, 2.05) is 0 Å². The van der Waals surface area contributed by atoms with Crippen molar-refractivity contribution in [3.8, 4) is 5.75 Å². The second-order valence-corrected chi connectivity index (χ2v) is 4.82. The van der Waals surface area contributed by atoms with Crippen molar-refractivity contribution in [2.75, 3.05) is 5.32 Å². The second kappa shape index (κ2) is 5.99. The topological polar surface area (TPSA) is 92.5 Å². The highest BCUT2D eigenvalue weighted by Gasteiger charge is 2.17. The number of amides is 1. The minimum atomic E-state index is -0.672. The largest absolute Gasteiger partial charge is 0.507 e. The van der Waals surface area contributed by atoms with Gasteiger partial charge in [0, 0.05) is 12.1 Å². The van der Waals surface area contributed by atoms with Crippen molar-refractivity contribution in [1.29, 1.82) is 0 Å². The van der Waals surface area contributed by atoms with Crippen LogP contribution in [0.25, 0.3) is 0 Å². The molecule has 1 amide bonds. The number of hydrogen-bond acceptors (Lipinski definition) is 4. The van der Waals surface area contributed by atoms with Crippen LogP contribution in [0.3, 0.4) is 0 Å². The Kier molecular flexibility index (Phi) is 4.30. The zero-order valence-electron chi connectivity index (χ0n) is 10.3. The summed E-state index contributed by atoms with van der Waals surface area (Å²) in [6.45, 7) is 0. The smallest absolute Gasteiger partial charge is 0.271 e. The molecule has 0 spiro atoms. The number of nitrogens with one attached hydrogen (secondary N) is 1. The number of anilines is 1. The summed E-state index contributed by atoms with van der Waals surface area (Å²) in [6.07, 6.45) is 0. The molecule has 0 aromatic heterocycles. The summed E-state index contributed by atoms with van der Waals surface area (Å²) in [4.78, 5) is 22.1. The molecule has 21 heavy (non-hydrogen) atoms. The maximum absolute atomic E-state index is 12.1. The molecule has 0 aliphatic heterocycles. The molecular weight excluding hydrogens is 319 g/mol. The Balaban J connectivity index is 2.30. The fourth-order valence-electron chi connectivity index (χ4n) is 1.64. The molecule has 0 saturated carbocycles. The molecule has 0 atom stereocenters. The molecule has 2 N–H and O–H groups in total. The molecule has 0 saturated heterocycles. The predicted molar refractivity (Wildman–Crippen MR) is 79.2 cm³/mol. The lowest BCUT2D eigenvalue weighted by Gasteiger charge is -2.09. The molecule has 2 rings (SSSR count). The summed E-state index contributed by atoms with van der Waals surface area (Å²) in [5, 5.41) is 22.8. The summed E-state index contributed by atoms with van der Waals surface area (Å²) in [5.41, 5.74) is -0.126. The standard InChI is InChI=1S/C13H8Cl2N2O4/c14-8-2-1-3-11(18)12(8)13(19)16-10-5-4-7(17(20)21)6-9(10)15/h1-6,18H,(H,16,19). The Morgan fingerprint density at radius 3 is 2.48 bits per heavy atom. The highest BCUT2D eigenvalue weighted by Crippen LogP contribution is 2.30. The van der Waals surface area contributed by atoms with Gasteiger partial charge in [0.15, 0.2) is 0 Å². The molecule has 2 aromatic carbocycles. The van der Waals surface area contributed by atoms with Gasteiger partial charge in [-0.1, -0.05) is 29.3 Å². The van der Waals surface area contributed by atoms with E-state index in [1.165, 1.54) is 30.3 Å². The fourth-order valence-corrected chi connectivity index (χ4v) is 2.12. The third-order valence-electron chi connectivity index (χ3n) is 2.63. The van der Waals surface area contributed by atoms with Gasteiger partial charge in [-0.3, -0.25) is 14.9 Å². The molecule has 0 radical (unpaired) electrons. The first-order valence-corrected chi connectivity index (χ1v) is 6.38. The van der Waals surface area contributed by atoms with Crippen molar-refractivity contribution < 1.29 is 14.8 Å². The number of non-ortho nitro benzene ring substituents is 1. The van der Waals surface area contributed by atoms with Crippen LogP contribution >= 0.6 is 23.2 Å². The number of carbonyl (C=O) groups excluding carboxylic acids is 1. The highest BCUT2D eigenvalue weighted by molar-refractivity contribution is 6.36. The average Bonchev–Trinajstić information content (AvgIpc) is 2.40. The van der Waals surface area contributed by atoms with Gasteiger partial charge in [0.2, 0.25) is 0 Å². The van der Waals surface area contributed by atoms with E-state index in [1.54, 1.807) is 0 Å². The fraction of sp³-hybridized carbons (Fsp3) is 0. The van der Waals surface area contributed by atoms with Crippen molar-refractivity contribution >= 4 is 40.5 Å². The summed E-state index contributed by atoms with van der Waals surface area (Å²) < 4.78 is 0. The monoisotopic (exact) mass is 326 g/mol. The van der Waals surface area contributed by atoms with Gasteiger partial charge in [0.25, 0.3) is 11.6 Å². The van der Waals surface area contributed by atoms with Crippen molar-refractivity contribution in [2.45, 2.75) is 0 Å². The van der Waals surface area contributed by atoms with Gasteiger partial charge >= 0.3 is 0 Å². The normalized spacial score (nSPS) is 10.2. The summed E-state index contributed by atoms with van der Waals surface area (Å²) in [6, 6.07) is 7.88. The molecule has 0 aliphatic rings. The lowest BCUT2D eigenvalue weighted by molar-refractivity contribution is -0.384. The van der Waals surface area contributed by atoms with Gasteiger partial charge in [-0.25, -0.2) is 0 Å². The van der Waals surface area contributed by atoms with Gasteiger partial charge in [-0.15, -0.1) is 0 Å². The lowest BCUT2D eigenvalue weighted by Crippen LogP contribution is -2.13. The van der Waals surface area contributed by atoms with Crippen molar-refractivity contribution in [2.24, 2.45) is 0 Å². The van der Waals surface area contributed by atoms with Crippen LogP contribution in [0.15, 0.2) is 36.4 Å². The predicted octanol–water partition coefficient (Wildman–Crippen LogP) is 3.86. The van der Waals surface area contributed by atoms with E-state index < -0.39 is 10.8 Å². The van der Waals surface area contributed by atoms with Crippen molar-refractivity contribution in [3.05, 3.63) is 62.1 Å². The second-order valence-electron chi connectivity index (χ2n) is 4.01. The Morgan fingerprint density at radius 2 is 1.90 bits per heavy atom. The van der Waals surface area contributed by atoms with Crippen LogP contribution < -0.4 is 5.32 Å². The number of rotatable bonds is 3. The Hall–Kier alpha value is -2.31. The first-order chi connectivity index (χ1) is 9.90. The average molecular weight is 327 g/mol. The minimum absolute atomic E-state index is 0.00379. The maximum Gasteiger partial charge on any atom is 0.271 e. The number of nitro groups is 1. The number of phenolic OH excluding ortho intramolecular Hbond substituents is 1. The first-order valence-electron chi connectivity index (χ1n) is 5.63. The molecule has 2 aromatic rings. The van der Waals surface area contributed by atoms with E-state index in [2.05, 4.69) is 5.32 Å². The van der Waals surface area contributed by atoms with E-state index in [0.29, 0.717) is 0 Å². The quantitative estimate of drug-likeness (QED) is 0.661. The number of hydrogen-bond donors (Lipinski definition) is 2. The maximum atomic E-state index is 12.1. The van der Waals surface area contributed by atoms with E-state index in [-0.39, 0.29) is 32.7 Å². The zero-order valence-corrected chi connectivity index (χ0v) is 11.9. The van der Waals surface area contributed by atoms with Crippen molar-refractivity contribution in [3.63, 3.8) is 0 Å². The summed E-state index contributed by atoms with van der Waals surface area (Å²) in [7, 11) is 0. The third kappa shape index (κ3) is 3.24. The number of benzene rings is 2. The molecule has 108 valence electrons. The number of phenols is 1. The molecule has 8 heteroatoms. The molecule has 0 aliphatic carbocycles. The van der Waals surface area contributed by atoms with E-state index in [9.17, 15) is 20.0 Å². The Labute approximate surface area is 129 Å². The van der Waals surface area contributed by atoms with Crippen LogP contribution in [0.2, 0.25) is 10.0 Å². The minimum Gasteiger partial charge on any atom is -0.507 e. The molecule has 0 bridgehead atoms. The van der Waals surface area contributed by atoms with Crippen molar-refractivity contribution in [1.82, 2.24) is 0 Å². The number of nitro benzene ring substituents is 1. The summed E-state index contributed by atoms with van der Waals surface area (Å²) in [5.74, 6) is -0.952. The Morgan fingerprint density at radius 1 is 1.19 bits per heavy atom. The van der Waals surface area contributed by atoms with Crippen LogP contribution in [0.5, 0.6) is 5.75 Å². The number of nitrogens with zero attached hydrogens (tertiary/aromatic N) is 1. The number of carbonyl (C=O) groups is 1. The molecule has 0 fully saturated rings. The highest BCUT2D eigenvalue weighted by atomic mass is 35.5. The van der Waals surface area contributed by atoms with E-state index in [4.69, 9.17) is 23.2 Å². The Bertz CT molecular complexity index is 714. The zero-order chi connectivity index (χ0) is 15.6. The number of halogens is 2. The number of aromatic hydroxyl groups is 1. The van der Waals surface area contributed by atoms with Gasteiger partial charge < -0.3 is 10.4 Å². The van der Waals surface area contributed by atoms with Gasteiger partial charge in [0.05, 0.1) is 20.7 Å². The first kappa shape index (κ1) is 15.1. The van der Waals surface area contributed by atoms with Crippen LogP contribution in [0.1, 0.15) is 10.4 Å². The SMILES string of the molecule is O=C(Nc1ccc([N+](=O)[O-])cc1Cl)c1c(O)cccc1Cl. The van der Waals surface area contributed by atoms with Gasteiger partial charge in [-0.2, -0.15) is 0 Å². The molecule has 0 heterocycles. The molecule has 0 unspecified atom stereocenters. The van der Waals surface area contributed by atoms with Crippen LogP contribution in [-0.2, 0) is 0 Å². The van der Waals surface area contributed by atoms with Gasteiger partial charge in [0.1, 0.15) is 11.3 Å². The molecule has 6 nitrogen and oxygen atoms in total. The molecular formula is C13H8Cl2N2O4. The summed E-state index contributed by atoms with van der Waals surface area (Å²) >= 11 is 11.7.